The minimum Gasteiger partial charge on any atom is -0.391 e. The van der Waals surface area contributed by atoms with E-state index in [2.05, 4.69) is 28.3 Å². The fourth-order valence-electron chi connectivity index (χ4n) is 1.85. The molecule has 0 fully saturated rings. The van der Waals surface area contributed by atoms with Crippen molar-refractivity contribution in [3.8, 4) is 0 Å². The number of nitrogens with zero attached hydrogens (tertiary/aromatic N) is 2. The van der Waals surface area contributed by atoms with Crippen LogP contribution in [0.25, 0.3) is 10.2 Å². The normalized spacial score (nSPS) is 12.8. The first-order chi connectivity index (χ1) is 9.24. The number of thiophene rings is 1. The molecule has 0 saturated heterocycles. The van der Waals surface area contributed by atoms with Crippen molar-refractivity contribution in [2.45, 2.75) is 25.9 Å². The van der Waals surface area contributed by atoms with Crippen molar-refractivity contribution in [1.29, 1.82) is 0 Å². The third-order valence-corrected chi connectivity index (χ3v) is 4.05. The smallest absolute Gasteiger partial charge is 0.138 e. The molecule has 6 heteroatoms. The maximum atomic E-state index is 9.59. The third-order valence-electron chi connectivity index (χ3n) is 2.86. The first-order valence-corrected chi connectivity index (χ1v) is 7.20. The van der Waals surface area contributed by atoms with Crippen LogP contribution in [-0.4, -0.2) is 41.4 Å². The van der Waals surface area contributed by atoms with Crippen molar-refractivity contribution in [3.63, 3.8) is 0 Å². The second kappa shape index (κ2) is 6.79. The van der Waals surface area contributed by atoms with Crippen LogP contribution < -0.4 is 5.32 Å². The summed E-state index contributed by atoms with van der Waals surface area (Å²) >= 11 is 1.70. The van der Waals surface area contributed by atoms with Crippen molar-refractivity contribution in [2.24, 2.45) is 0 Å². The Balaban J connectivity index is 2.02. The molecule has 1 atom stereocenters. The van der Waals surface area contributed by atoms with Gasteiger partial charge in [0.05, 0.1) is 18.1 Å². The third kappa shape index (κ3) is 3.62. The fourth-order valence-corrected chi connectivity index (χ4v) is 2.79. The summed E-state index contributed by atoms with van der Waals surface area (Å²) in [6, 6.07) is 2.13. The van der Waals surface area contributed by atoms with Crippen LogP contribution >= 0.6 is 11.3 Å². The summed E-state index contributed by atoms with van der Waals surface area (Å²) in [5.74, 6) is 0.838. The Bertz CT molecular complexity index is 530. The van der Waals surface area contributed by atoms with E-state index in [4.69, 9.17) is 4.74 Å². The van der Waals surface area contributed by atoms with Gasteiger partial charge >= 0.3 is 0 Å². The molecule has 1 unspecified atom stereocenters. The van der Waals surface area contributed by atoms with Gasteiger partial charge in [-0.1, -0.05) is 6.92 Å². The van der Waals surface area contributed by atoms with Gasteiger partial charge in [0, 0.05) is 18.5 Å². The molecule has 2 heterocycles. The lowest BCUT2D eigenvalue weighted by atomic mass is 10.2. The highest BCUT2D eigenvalue weighted by Crippen LogP contribution is 2.28. The lowest BCUT2D eigenvalue weighted by Crippen LogP contribution is -2.18. The molecule has 2 aromatic heterocycles. The number of anilines is 1. The van der Waals surface area contributed by atoms with Crippen LogP contribution in [0.5, 0.6) is 0 Å². The van der Waals surface area contributed by atoms with Gasteiger partial charge in [0.15, 0.2) is 0 Å². The minimum absolute atomic E-state index is 0.360. The Hall–Kier alpha value is -1.24. The van der Waals surface area contributed by atoms with Crippen LogP contribution in [0.15, 0.2) is 12.4 Å². The zero-order chi connectivity index (χ0) is 13.7. The summed E-state index contributed by atoms with van der Waals surface area (Å²) in [5, 5.41) is 13.9. The molecule has 0 amide bonds. The van der Waals surface area contributed by atoms with E-state index in [0.29, 0.717) is 19.6 Å². The summed E-state index contributed by atoms with van der Waals surface area (Å²) in [4.78, 5) is 10.9. The molecule has 104 valence electrons. The van der Waals surface area contributed by atoms with E-state index in [9.17, 15) is 5.11 Å². The van der Waals surface area contributed by atoms with Gasteiger partial charge in [0.1, 0.15) is 17.0 Å². The topological polar surface area (TPSA) is 67.3 Å². The maximum absolute atomic E-state index is 9.59. The van der Waals surface area contributed by atoms with E-state index in [0.717, 1.165) is 22.5 Å². The van der Waals surface area contributed by atoms with E-state index in [1.54, 1.807) is 24.8 Å². The Kier molecular flexibility index (Phi) is 5.07. The van der Waals surface area contributed by atoms with Gasteiger partial charge in [-0.05, 0) is 18.9 Å². The molecular formula is C13H19N3O2S. The molecule has 2 rings (SSSR count). The van der Waals surface area contributed by atoms with Crippen LogP contribution in [0.2, 0.25) is 0 Å². The van der Waals surface area contributed by atoms with Crippen molar-refractivity contribution in [3.05, 3.63) is 17.3 Å². The highest BCUT2D eigenvalue weighted by molar-refractivity contribution is 7.18. The number of rotatable bonds is 7. The highest BCUT2D eigenvalue weighted by atomic mass is 32.1. The molecule has 0 aliphatic carbocycles. The molecule has 19 heavy (non-hydrogen) atoms. The average molecular weight is 281 g/mol. The van der Waals surface area contributed by atoms with Crippen molar-refractivity contribution >= 4 is 27.4 Å². The van der Waals surface area contributed by atoms with Crippen molar-refractivity contribution in [2.75, 3.05) is 25.6 Å². The number of methoxy groups -OCH3 is 1. The number of nitrogens with one attached hydrogen (secondary N) is 1. The quantitative estimate of drug-likeness (QED) is 0.813. The predicted octanol–water partition coefficient (Wildman–Crippen LogP) is 2.06. The average Bonchev–Trinajstić information content (AvgIpc) is 2.83. The lowest BCUT2D eigenvalue weighted by Gasteiger charge is -2.10. The zero-order valence-electron chi connectivity index (χ0n) is 11.2. The lowest BCUT2D eigenvalue weighted by molar-refractivity contribution is 0.0615. The number of aromatic nitrogens is 2. The van der Waals surface area contributed by atoms with Crippen LogP contribution in [0.3, 0.4) is 0 Å². The Morgan fingerprint density at radius 3 is 3.05 bits per heavy atom. The van der Waals surface area contributed by atoms with Crippen molar-refractivity contribution < 1.29 is 9.84 Å². The zero-order valence-corrected chi connectivity index (χ0v) is 12.0. The molecule has 0 bridgehead atoms. The monoisotopic (exact) mass is 281 g/mol. The predicted molar refractivity (Wildman–Crippen MR) is 77.8 cm³/mol. The summed E-state index contributed by atoms with van der Waals surface area (Å²) < 4.78 is 4.89. The van der Waals surface area contributed by atoms with Gasteiger partial charge in [0.25, 0.3) is 0 Å². The summed E-state index contributed by atoms with van der Waals surface area (Å²) in [6.45, 7) is 3.15. The standard InChI is InChI=1S/C13H19N3O2S/c1-3-10-6-11-12(15-8-16-13(11)19-10)14-5-4-9(17)7-18-2/h6,8-9,17H,3-5,7H2,1-2H3,(H,14,15,16). The molecule has 0 aliphatic heterocycles. The van der Waals surface area contributed by atoms with E-state index < -0.39 is 6.10 Å². The number of fused-ring (bicyclic) bond motifs is 1. The molecule has 5 nitrogen and oxygen atoms in total. The van der Waals surface area contributed by atoms with Gasteiger partial charge in [-0.15, -0.1) is 11.3 Å². The second-order valence-corrected chi connectivity index (χ2v) is 5.45. The summed E-state index contributed by atoms with van der Waals surface area (Å²) in [7, 11) is 1.59. The molecule has 0 spiro atoms. The van der Waals surface area contributed by atoms with E-state index >= 15 is 0 Å². The highest BCUT2D eigenvalue weighted by Gasteiger charge is 2.08. The van der Waals surface area contributed by atoms with Gasteiger partial charge in [-0.3, -0.25) is 0 Å². The van der Waals surface area contributed by atoms with E-state index in [1.807, 2.05) is 0 Å². The minimum atomic E-state index is -0.441. The number of aliphatic hydroxyl groups is 1. The largest absolute Gasteiger partial charge is 0.391 e. The Morgan fingerprint density at radius 1 is 1.47 bits per heavy atom. The van der Waals surface area contributed by atoms with Crippen molar-refractivity contribution in [1.82, 2.24) is 9.97 Å². The van der Waals surface area contributed by atoms with Gasteiger partial charge < -0.3 is 15.2 Å². The molecule has 2 N–H and O–H groups in total. The van der Waals surface area contributed by atoms with Crippen LogP contribution in [0, 0.1) is 0 Å². The fraction of sp³-hybridized carbons (Fsp3) is 0.538. The molecule has 0 saturated carbocycles. The molecule has 2 aromatic rings. The Labute approximate surface area is 116 Å². The number of hydrogen-bond acceptors (Lipinski definition) is 6. The summed E-state index contributed by atoms with van der Waals surface area (Å²) in [5.41, 5.74) is 0. The maximum Gasteiger partial charge on any atom is 0.138 e. The summed E-state index contributed by atoms with van der Waals surface area (Å²) in [6.07, 6.45) is 2.77. The number of aryl methyl sites for hydroxylation is 1. The molecule has 0 radical (unpaired) electrons. The first kappa shape index (κ1) is 14.2. The van der Waals surface area contributed by atoms with Crippen LogP contribution in [0.4, 0.5) is 5.82 Å². The second-order valence-electron chi connectivity index (χ2n) is 4.33. The van der Waals surface area contributed by atoms with Crippen LogP contribution in [0.1, 0.15) is 18.2 Å². The molecule has 0 aromatic carbocycles. The number of aliphatic hydroxyl groups excluding tert-OH is 1. The van der Waals surface area contributed by atoms with Crippen LogP contribution in [-0.2, 0) is 11.2 Å². The SMILES string of the molecule is CCc1cc2c(NCCC(O)COC)ncnc2s1. The van der Waals surface area contributed by atoms with Gasteiger partial charge in [-0.25, -0.2) is 9.97 Å². The van der Waals surface area contributed by atoms with Gasteiger partial charge in [0.2, 0.25) is 0 Å². The number of hydrogen-bond donors (Lipinski definition) is 2. The Morgan fingerprint density at radius 2 is 2.32 bits per heavy atom. The van der Waals surface area contributed by atoms with Gasteiger partial charge in [-0.2, -0.15) is 0 Å². The molecule has 0 aliphatic rings. The molecular weight excluding hydrogens is 262 g/mol. The first-order valence-electron chi connectivity index (χ1n) is 6.39. The van der Waals surface area contributed by atoms with E-state index in [-0.39, 0.29) is 0 Å². The number of ether oxygens (including phenoxy) is 1. The van der Waals surface area contributed by atoms with E-state index in [1.165, 1.54) is 4.88 Å².